The number of hydrogen-bond donors (Lipinski definition) is 0. The number of rotatable bonds is 7. The third-order valence-electron chi connectivity index (χ3n) is 2.86. The molecule has 0 aliphatic heterocycles. The molecule has 0 rings (SSSR count). The minimum Gasteiger partial charge on any atom is -0.455 e. The molecular formula is C9H26O4Si3. The average Bonchev–Trinajstić information content (AvgIpc) is 2.17. The highest BCUT2D eigenvalue weighted by molar-refractivity contribution is 6.80. The van der Waals surface area contributed by atoms with Gasteiger partial charge in [0.1, 0.15) is 0 Å². The normalized spacial score (nSPS) is 15.8. The molecule has 0 fully saturated rings. The lowest BCUT2D eigenvalue weighted by Gasteiger charge is -2.46. The van der Waals surface area contributed by atoms with Gasteiger partial charge in [-0.05, 0) is 26.2 Å². The summed E-state index contributed by atoms with van der Waals surface area (Å²) in [6, 6.07) is 0. The SMILES string of the molecule is COC([SiH3])C(OC)(OC)[Si](C)(C)O[SiH](C)C. The van der Waals surface area contributed by atoms with Crippen molar-refractivity contribution in [3.05, 3.63) is 0 Å². The van der Waals surface area contributed by atoms with Gasteiger partial charge in [-0.15, -0.1) is 0 Å². The molecule has 1 unspecified atom stereocenters. The first-order valence-corrected chi connectivity index (χ1v) is 12.4. The minimum absolute atomic E-state index is 0.0167. The Labute approximate surface area is 105 Å². The van der Waals surface area contributed by atoms with Gasteiger partial charge in [0.25, 0.3) is 0 Å². The van der Waals surface area contributed by atoms with Crippen LogP contribution in [-0.4, -0.2) is 60.1 Å². The molecule has 0 aliphatic rings. The van der Waals surface area contributed by atoms with E-state index in [1.807, 2.05) is 0 Å². The van der Waals surface area contributed by atoms with Gasteiger partial charge < -0.3 is 18.3 Å². The van der Waals surface area contributed by atoms with Gasteiger partial charge in [0.05, 0.1) is 5.73 Å². The first kappa shape index (κ1) is 16.5. The second-order valence-electron chi connectivity index (χ2n) is 4.63. The van der Waals surface area contributed by atoms with Gasteiger partial charge >= 0.3 is 0 Å². The first-order chi connectivity index (χ1) is 7.27. The van der Waals surface area contributed by atoms with E-state index in [0.29, 0.717) is 0 Å². The highest BCUT2D eigenvalue weighted by Gasteiger charge is 2.54. The van der Waals surface area contributed by atoms with Crippen LogP contribution in [-0.2, 0) is 18.3 Å². The Hall–Kier alpha value is 0.491. The maximum atomic E-state index is 6.18. The first-order valence-electron chi connectivity index (χ1n) is 5.58. The van der Waals surface area contributed by atoms with Gasteiger partial charge in [-0.3, -0.25) is 0 Å². The van der Waals surface area contributed by atoms with Crippen LogP contribution in [0.3, 0.4) is 0 Å². The molecule has 0 aliphatic carbocycles. The number of hydrogen-bond acceptors (Lipinski definition) is 4. The van der Waals surface area contributed by atoms with Crippen molar-refractivity contribution < 1.29 is 18.3 Å². The Bertz CT molecular complexity index is 207. The third-order valence-corrected chi connectivity index (χ3v) is 11.4. The Morgan fingerprint density at radius 3 is 1.81 bits per heavy atom. The maximum Gasteiger partial charge on any atom is 0.243 e. The van der Waals surface area contributed by atoms with Crippen molar-refractivity contribution >= 4 is 27.6 Å². The van der Waals surface area contributed by atoms with Gasteiger partial charge in [-0.25, -0.2) is 0 Å². The van der Waals surface area contributed by atoms with Crippen LogP contribution in [0.15, 0.2) is 0 Å². The summed E-state index contributed by atoms with van der Waals surface area (Å²) in [6.07, 6.45) is 0. The van der Waals surface area contributed by atoms with E-state index >= 15 is 0 Å². The van der Waals surface area contributed by atoms with Crippen LogP contribution in [0.25, 0.3) is 0 Å². The van der Waals surface area contributed by atoms with Crippen LogP contribution in [0.5, 0.6) is 0 Å². The Balaban J connectivity index is 5.15. The molecule has 0 aromatic rings. The molecule has 0 radical (unpaired) electrons. The van der Waals surface area contributed by atoms with Crippen molar-refractivity contribution in [2.45, 2.75) is 37.3 Å². The van der Waals surface area contributed by atoms with Gasteiger partial charge in [-0.2, -0.15) is 0 Å². The van der Waals surface area contributed by atoms with E-state index < -0.39 is 22.8 Å². The molecule has 0 amide bonds. The summed E-state index contributed by atoms with van der Waals surface area (Å²) >= 11 is 0. The van der Waals surface area contributed by atoms with E-state index in [4.69, 9.17) is 18.3 Å². The molecule has 4 nitrogen and oxygen atoms in total. The molecule has 98 valence electrons. The topological polar surface area (TPSA) is 36.9 Å². The summed E-state index contributed by atoms with van der Waals surface area (Å²) in [7, 11) is 2.67. The van der Waals surface area contributed by atoms with Crippen LogP contribution >= 0.6 is 0 Å². The quantitative estimate of drug-likeness (QED) is 0.489. The Morgan fingerprint density at radius 2 is 1.56 bits per heavy atom. The molecule has 0 saturated heterocycles. The minimum atomic E-state index is -2.10. The lowest BCUT2D eigenvalue weighted by Crippen LogP contribution is -2.67. The summed E-state index contributed by atoms with van der Waals surface area (Å²) < 4.78 is 22.9. The predicted octanol–water partition coefficient (Wildman–Crippen LogP) is 0.0577. The molecular weight excluding hydrogens is 256 g/mol. The van der Waals surface area contributed by atoms with E-state index in [1.54, 1.807) is 21.3 Å². The molecule has 0 saturated carbocycles. The second-order valence-corrected chi connectivity index (χ2v) is 12.4. The van der Waals surface area contributed by atoms with Crippen molar-refractivity contribution in [3.8, 4) is 0 Å². The maximum absolute atomic E-state index is 6.18. The lowest BCUT2D eigenvalue weighted by molar-refractivity contribution is -0.199. The molecule has 0 heterocycles. The summed E-state index contributed by atoms with van der Waals surface area (Å²) in [4.78, 5) is 0. The summed E-state index contributed by atoms with van der Waals surface area (Å²) in [5.74, 6) is 0. The number of methoxy groups -OCH3 is 3. The highest BCUT2D eigenvalue weighted by atomic mass is 28.4. The summed E-state index contributed by atoms with van der Waals surface area (Å²) in [5, 5.41) is 0. The second kappa shape index (κ2) is 6.43. The molecule has 0 aromatic carbocycles. The van der Waals surface area contributed by atoms with Crippen LogP contribution in [0.4, 0.5) is 0 Å². The van der Waals surface area contributed by atoms with Crippen molar-refractivity contribution in [2.24, 2.45) is 0 Å². The largest absolute Gasteiger partial charge is 0.455 e. The average molecular weight is 283 g/mol. The van der Waals surface area contributed by atoms with Crippen LogP contribution in [0, 0.1) is 0 Å². The van der Waals surface area contributed by atoms with E-state index in [2.05, 4.69) is 26.2 Å². The number of ether oxygens (including phenoxy) is 3. The van der Waals surface area contributed by atoms with Crippen LogP contribution in [0.1, 0.15) is 0 Å². The van der Waals surface area contributed by atoms with Crippen LogP contribution in [0.2, 0.25) is 26.2 Å². The summed E-state index contributed by atoms with van der Waals surface area (Å²) in [5.41, 5.74) is -0.706. The summed E-state index contributed by atoms with van der Waals surface area (Å²) in [6.45, 7) is 8.60. The third kappa shape index (κ3) is 3.25. The highest BCUT2D eigenvalue weighted by Crippen LogP contribution is 2.30. The van der Waals surface area contributed by atoms with E-state index in [9.17, 15) is 0 Å². The van der Waals surface area contributed by atoms with Gasteiger partial charge in [-0.1, -0.05) is 0 Å². The van der Waals surface area contributed by atoms with E-state index in [0.717, 1.165) is 10.2 Å². The molecule has 16 heavy (non-hydrogen) atoms. The van der Waals surface area contributed by atoms with Crippen molar-refractivity contribution in [2.75, 3.05) is 21.3 Å². The van der Waals surface area contributed by atoms with E-state index in [-0.39, 0.29) is 5.73 Å². The fraction of sp³-hybridized carbons (Fsp3) is 1.00. The van der Waals surface area contributed by atoms with Gasteiger partial charge in [0.15, 0.2) is 14.5 Å². The van der Waals surface area contributed by atoms with Gasteiger partial charge in [0.2, 0.25) is 8.32 Å². The zero-order valence-electron chi connectivity index (χ0n) is 11.8. The van der Waals surface area contributed by atoms with Crippen molar-refractivity contribution in [3.63, 3.8) is 0 Å². The Kier molecular flexibility index (Phi) is 6.63. The monoisotopic (exact) mass is 282 g/mol. The molecule has 0 bridgehead atoms. The van der Waals surface area contributed by atoms with E-state index in [1.165, 1.54) is 0 Å². The standard InChI is InChI=1S/C9H26O4Si3/c1-10-8(14)9(11-2,12-3)16(6,7)13-15(4)5/h8,15H,1-7,14H3. The zero-order valence-corrected chi connectivity index (χ0v) is 15.9. The smallest absolute Gasteiger partial charge is 0.243 e. The van der Waals surface area contributed by atoms with Crippen molar-refractivity contribution in [1.29, 1.82) is 0 Å². The molecule has 0 aromatic heterocycles. The molecule has 1 atom stereocenters. The van der Waals surface area contributed by atoms with Gasteiger partial charge in [0, 0.05) is 31.6 Å². The fourth-order valence-electron chi connectivity index (χ4n) is 2.22. The van der Waals surface area contributed by atoms with Crippen molar-refractivity contribution in [1.82, 2.24) is 0 Å². The molecule has 0 N–H and O–H groups in total. The predicted molar refractivity (Wildman–Crippen MR) is 74.9 cm³/mol. The lowest BCUT2D eigenvalue weighted by atomic mass is 10.6. The molecule has 7 heteroatoms. The zero-order chi connectivity index (χ0) is 13.0. The fourth-order valence-corrected chi connectivity index (χ4v) is 12.2. The Morgan fingerprint density at radius 1 is 1.12 bits per heavy atom. The van der Waals surface area contributed by atoms with Crippen LogP contribution < -0.4 is 0 Å². The molecule has 0 spiro atoms.